The molecule has 0 saturated carbocycles. The van der Waals surface area contributed by atoms with E-state index in [9.17, 15) is 9.59 Å². The predicted molar refractivity (Wildman–Crippen MR) is 67.9 cm³/mol. The van der Waals surface area contributed by atoms with E-state index in [0.29, 0.717) is 19.3 Å². The van der Waals surface area contributed by atoms with Crippen LogP contribution in [0.1, 0.15) is 40.0 Å². The van der Waals surface area contributed by atoms with Crippen LogP contribution in [0.2, 0.25) is 0 Å². The molecule has 5 heteroatoms. The second-order valence-electron chi connectivity index (χ2n) is 4.82. The minimum atomic E-state index is -0.724. The van der Waals surface area contributed by atoms with Gasteiger partial charge in [-0.15, -0.1) is 12.3 Å². The van der Waals surface area contributed by atoms with E-state index in [4.69, 9.17) is 11.2 Å². The third-order valence-electron chi connectivity index (χ3n) is 1.99. The highest BCUT2D eigenvalue weighted by Crippen LogP contribution is 2.08. The molecule has 0 bridgehead atoms. The monoisotopic (exact) mass is 255 g/mol. The summed E-state index contributed by atoms with van der Waals surface area (Å²) in [4.78, 5) is 23.0. The molecule has 0 fully saturated rings. The highest BCUT2D eigenvalue weighted by Gasteiger charge is 2.24. The van der Waals surface area contributed by atoms with Crippen molar-refractivity contribution in [2.24, 2.45) is 0 Å². The zero-order chi connectivity index (χ0) is 14.2. The summed E-state index contributed by atoms with van der Waals surface area (Å²) in [6.07, 6.45) is 6.09. The lowest BCUT2D eigenvalue weighted by Crippen LogP contribution is -2.44. The van der Waals surface area contributed by atoms with Gasteiger partial charge in [-0.3, -0.25) is 0 Å². The first-order chi connectivity index (χ1) is 8.30. The fourth-order valence-corrected chi connectivity index (χ4v) is 1.25. The van der Waals surface area contributed by atoms with E-state index in [1.165, 1.54) is 7.11 Å². The summed E-state index contributed by atoms with van der Waals surface area (Å²) in [5.41, 5.74) is -0.608. The lowest BCUT2D eigenvalue weighted by molar-refractivity contribution is -0.143. The van der Waals surface area contributed by atoms with E-state index in [2.05, 4.69) is 16.0 Å². The minimum absolute atomic E-state index is 0.427. The molecule has 0 saturated heterocycles. The summed E-state index contributed by atoms with van der Waals surface area (Å²) in [5, 5.41) is 2.48. The maximum absolute atomic E-state index is 11.5. The van der Waals surface area contributed by atoms with E-state index in [0.717, 1.165) is 0 Å². The van der Waals surface area contributed by atoms with Crippen LogP contribution in [0.4, 0.5) is 4.79 Å². The van der Waals surface area contributed by atoms with Crippen molar-refractivity contribution in [3.63, 3.8) is 0 Å². The average molecular weight is 255 g/mol. The molecule has 0 rings (SSSR count). The molecular formula is C13H21NO4. The minimum Gasteiger partial charge on any atom is -0.467 e. The van der Waals surface area contributed by atoms with Crippen LogP contribution in [-0.4, -0.2) is 30.8 Å². The van der Waals surface area contributed by atoms with E-state index in [1.807, 2.05) is 0 Å². The zero-order valence-corrected chi connectivity index (χ0v) is 11.4. The highest BCUT2D eigenvalue weighted by molar-refractivity contribution is 5.81. The van der Waals surface area contributed by atoms with E-state index < -0.39 is 23.7 Å². The molecule has 1 amide bonds. The Bertz CT molecular complexity index is 325. The molecule has 0 spiro atoms. The lowest BCUT2D eigenvalue weighted by atomic mass is 10.1. The van der Waals surface area contributed by atoms with Gasteiger partial charge in [0.15, 0.2) is 0 Å². The molecule has 0 aliphatic heterocycles. The number of carbonyl (C=O) groups is 2. The smallest absolute Gasteiger partial charge is 0.408 e. The quantitative estimate of drug-likeness (QED) is 0.462. The molecule has 5 nitrogen and oxygen atoms in total. The number of alkyl carbamates (subject to hydrolysis) is 1. The number of unbranched alkanes of at least 4 members (excludes halogenated alkanes) is 1. The molecule has 0 unspecified atom stereocenters. The number of hydrogen-bond acceptors (Lipinski definition) is 4. The highest BCUT2D eigenvalue weighted by atomic mass is 16.6. The second-order valence-corrected chi connectivity index (χ2v) is 4.82. The van der Waals surface area contributed by atoms with Crippen molar-refractivity contribution >= 4 is 12.1 Å². The van der Waals surface area contributed by atoms with Gasteiger partial charge in [0.1, 0.15) is 11.6 Å². The van der Waals surface area contributed by atoms with Crippen LogP contribution in [0.15, 0.2) is 0 Å². The van der Waals surface area contributed by atoms with Crippen LogP contribution in [0, 0.1) is 12.3 Å². The number of terminal acetylenes is 1. The third kappa shape index (κ3) is 7.55. The van der Waals surface area contributed by atoms with Crippen molar-refractivity contribution in [2.75, 3.05) is 7.11 Å². The van der Waals surface area contributed by atoms with Crippen LogP contribution in [-0.2, 0) is 14.3 Å². The number of amides is 1. The number of carbonyl (C=O) groups excluding carboxylic acids is 2. The summed E-state index contributed by atoms with van der Waals surface area (Å²) in [6, 6.07) is -0.724. The van der Waals surface area contributed by atoms with Crippen LogP contribution in [0.3, 0.4) is 0 Å². The molecule has 1 atom stereocenters. The predicted octanol–water partition coefficient (Wildman–Crippen LogP) is 1.86. The van der Waals surface area contributed by atoms with Gasteiger partial charge in [-0.1, -0.05) is 0 Å². The summed E-state index contributed by atoms with van der Waals surface area (Å²) in [7, 11) is 1.27. The van der Waals surface area contributed by atoms with Gasteiger partial charge < -0.3 is 14.8 Å². The molecule has 0 radical (unpaired) electrons. The number of esters is 1. The van der Waals surface area contributed by atoms with Gasteiger partial charge in [-0.2, -0.15) is 0 Å². The summed E-state index contributed by atoms with van der Waals surface area (Å²) >= 11 is 0. The maximum atomic E-state index is 11.5. The van der Waals surface area contributed by atoms with Gasteiger partial charge in [0.25, 0.3) is 0 Å². The summed E-state index contributed by atoms with van der Waals surface area (Å²) in [6.45, 7) is 5.24. The fourth-order valence-electron chi connectivity index (χ4n) is 1.25. The molecule has 18 heavy (non-hydrogen) atoms. The average Bonchev–Trinajstić information content (AvgIpc) is 2.24. The van der Waals surface area contributed by atoms with Gasteiger partial charge in [-0.25, -0.2) is 9.59 Å². The van der Waals surface area contributed by atoms with Gasteiger partial charge >= 0.3 is 12.1 Å². The largest absolute Gasteiger partial charge is 0.467 e. The van der Waals surface area contributed by atoms with Crippen molar-refractivity contribution in [3.05, 3.63) is 0 Å². The Morgan fingerprint density at radius 2 is 2.00 bits per heavy atom. The topological polar surface area (TPSA) is 64.6 Å². The van der Waals surface area contributed by atoms with Crippen molar-refractivity contribution in [1.82, 2.24) is 5.32 Å². The number of methoxy groups -OCH3 is 1. The fraction of sp³-hybridized carbons (Fsp3) is 0.692. The van der Waals surface area contributed by atoms with Crippen LogP contribution in [0.25, 0.3) is 0 Å². The normalized spacial score (nSPS) is 12.2. The first-order valence-electron chi connectivity index (χ1n) is 5.81. The summed E-state index contributed by atoms with van der Waals surface area (Å²) < 4.78 is 9.68. The van der Waals surface area contributed by atoms with Crippen LogP contribution < -0.4 is 5.32 Å². The molecule has 0 aromatic rings. The number of hydrogen-bond donors (Lipinski definition) is 1. The Morgan fingerprint density at radius 1 is 1.39 bits per heavy atom. The SMILES string of the molecule is C#CCCC[C@H](NC(=O)OC(C)(C)C)C(=O)OC. The van der Waals surface area contributed by atoms with Crippen LogP contribution >= 0.6 is 0 Å². The number of rotatable bonds is 5. The van der Waals surface area contributed by atoms with E-state index >= 15 is 0 Å². The Morgan fingerprint density at radius 3 is 2.44 bits per heavy atom. The number of nitrogens with one attached hydrogen (secondary N) is 1. The first-order valence-corrected chi connectivity index (χ1v) is 5.81. The first kappa shape index (κ1) is 16.3. The van der Waals surface area contributed by atoms with Gasteiger partial charge in [-0.05, 0) is 33.6 Å². The van der Waals surface area contributed by atoms with E-state index in [1.54, 1.807) is 20.8 Å². The molecule has 102 valence electrons. The molecule has 0 heterocycles. The van der Waals surface area contributed by atoms with Gasteiger partial charge in [0.2, 0.25) is 0 Å². The molecular weight excluding hydrogens is 234 g/mol. The van der Waals surface area contributed by atoms with E-state index in [-0.39, 0.29) is 0 Å². The molecule has 0 aliphatic carbocycles. The molecule has 0 aliphatic rings. The molecule has 0 aromatic heterocycles. The lowest BCUT2D eigenvalue weighted by Gasteiger charge is -2.22. The van der Waals surface area contributed by atoms with Crippen molar-refractivity contribution in [2.45, 2.75) is 51.7 Å². The van der Waals surface area contributed by atoms with Gasteiger partial charge in [0.05, 0.1) is 7.11 Å². The van der Waals surface area contributed by atoms with Crippen molar-refractivity contribution in [3.8, 4) is 12.3 Å². The standard InChI is InChI=1S/C13H21NO4/c1-6-7-8-9-10(11(15)17-5)14-12(16)18-13(2,3)4/h1,10H,7-9H2,2-5H3,(H,14,16)/t10-/m0/s1. The van der Waals surface area contributed by atoms with Gasteiger partial charge in [0, 0.05) is 6.42 Å². The second kappa shape index (κ2) is 7.59. The Balaban J connectivity index is 4.36. The van der Waals surface area contributed by atoms with Crippen molar-refractivity contribution < 1.29 is 19.1 Å². The zero-order valence-electron chi connectivity index (χ0n) is 11.4. The summed E-state index contributed by atoms with van der Waals surface area (Å²) in [5.74, 6) is 1.97. The Hall–Kier alpha value is -1.70. The molecule has 1 N–H and O–H groups in total. The number of ether oxygens (including phenoxy) is 2. The third-order valence-corrected chi connectivity index (χ3v) is 1.99. The Kier molecular flexibility index (Phi) is 6.88. The molecule has 0 aromatic carbocycles. The van der Waals surface area contributed by atoms with Crippen molar-refractivity contribution in [1.29, 1.82) is 0 Å². The maximum Gasteiger partial charge on any atom is 0.408 e. The van der Waals surface area contributed by atoms with Crippen LogP contribution in [0.5, 0.6) is 0 Å². The Labute approximate surface area is 108 Å².